The Morgan fingerprint density at radius 3 is 1.96 bits per heavy atom. The Bertz CT molecular complexity index is 609. The quantitative estimate of drug-likeness (QED) is 0.394. The lowest BCUT2D eigenvalue weighted by Crippen LogP contribution is -2.44. The van der Waals surface area contributed by atoms with E-state index in [0.717, 1.165) is 12.3 Å². The Morgan fingerprint density at radius 1 is 0.821 bits per heavy atom. The van der Waals surface area contributed by atoms with Gasteiger partial charge in [0.05, 0.1) is 39.4 Å². The highest BCUT2D eigenvalue weighted by Gasteiger charge is 2.63. The molecule has 11 nitrogen and oxygen atoms in total. The number of hydrogen-bond donors (Lipinski definition) is 0. The van der Waals surface area contributed by atoms with Gasteiger partial charge in [-0.25, -0.2) is 9.59 Å². The Hall–Kier alpha value is -2.24. The van der Waals surface area contributed by atoms with E-state index in [0.29, 0.717) is 0 Å². The summed E-state index contributed by atoms with van der Waals surface area (Å²) in [5.41, 5.74) is 0. The summed E-state index contributed by atoms with van der Waals surface area (Å²) in [5, 5.41) is 0.897. The molecular weight excluding hydrogens is 378 g/mol. The van der Waals surface area contributed by atoms with Crippen LogP contribution in [-0.2, 0) is 47.8 Å². The fourth-order valence-electron chi connectivity index (χ4n) is 3.33. The predicted molar refractivity (Wildman–Crippen MR) is 88.9 cm³/mol. The van der Waals surface area contributed by atoms with Crippen LogP contribution in [0.1, 0.15) is 27.2 Å². The van der Waals surface area contributed by atoms with E-state index in [2.05, 4.69) is 4.74 Å². The molecule has 2 aliphatic heterocycles. The van der Waals surface area contributed by atoms with E-state index < -0.39 is 54.0 Å². The number of rotatable bonds is 8. The third-order valence-corrected chi connectivity index (χ3v) is 4.42. The number of ether oxygens (including phenoxy) is 4. The number of hydrogen-bond acceptors (Lipinski definition) is 11. The smallest absolute Gasteiger partial charge is 0.338 e. The molecule has 0 aromatic rings. The van der Waals surface area contributed by atoms with E-state index in [1.807, 2.05) is 0 Å². The predicted octanol–water partition coefficient (Wildman–Crippen LogP) is -0.231. The molecule has 11 heteroatoms. The van der Waals surface area contributed by atoms with Gasteiger partial charge in [-0.15, -0.1) is 0 Å². The normalized spacial score (nSPS) is 29.1. The van der Waals surface area contributed by atoms with Gasteiger partial charge in [-0.05, 0) is 20.8 Å². The molecule has 0 unspecified atom stereocenters. The molecule has 2 aliphatic rings. The van der Waals surface area contributed by atoms with Crippen molar-refractivity contribution in [2.75, 3.05) is 26.9 Å². The Morgan fingerprint density at radius 2 is 1.39 bits per heavy atom. The number of carbonyl (C=O) groups excluding carboxylic acids is 4. The third-order valence-electron chi connectivity index (χ3n) is 4.42. The average molecular weight is 403 g/mol. The van der Waals surface area contributed by atoms with Gasteiger partial charge < -0.3 is 18.9 Å². The molecule has 0 amide bonds. The van der Waals surface area contributed by atoms with Gasteiger partial charge in [0, 0.05) is 5.92 Å². The molecule has 158 valence electrons. The molecule has 0 aromatic carbocycles. The summed E-state index contributed by atoms with van der Waals surface area (Å²) in [6.07, 6.45) is -2.78. The first kappa shape index (κ1) is 22.1. The third kappa shape index (κ3) is 4.42. The topological polar surface area (TPSA) is 127 Å². The molecule has 5 atom stereocenters. The molecule has 0 bridgehead atoms. The summed E-state index contributed by atoms with van der Waals surface area (Å²) in [6.45, 7) is 5.20. The van der Waals surface area contributed by atoms with Crippen molar-refractivity contribution in [2.24, 2.45) is 11.8 Å². The van der Waals surface area contributed by atoms with Gasteiger partial charge in [-0.1, -0.05) is 5.23 Å². The number of esters is 4. The fraction of sp³-hybridized carbons (Fsp3) is 0.765. The maximum atomic E-state index is 12.6. The van der Waals surface area contributed by atoms with Crippen LogP contribution in [0.5, 0.6) is 0 Å². The van der Waals surface area contributed by atoms with Gasteiger partial charge in [0.25, 0.3) is 0 Å². The molecule has 2 rings (SSSR count). The van der Waals surface area contributed by atoms with Crippen LogP contribution in [0.4, 0.5) is 0 Å². The second-order valence-electron chi connectivity index (χ2n) is 6.05. The van der Waals surface area contributed by atoms with Crippen LogP contribution in [0, 0.1) is 11.8 Å². The summed E-state index contributed by atoms with van der Waals surface area (Å²) >= 11 is 0. The molecule has 2 heterocycles. The molecule has 0 N–H and O–H groups in total. The average Bonchev–Trinajstić information content (AvgIpc) is 3.18. The Balaban J connectivity index is 2.36. The number of fused-ring (bicyclic) bond motifs is 1. The minimum absolute atomic E-state index is 0.0701. The van der Waals surface area contributed by atoms with E-state index in [1.54, 1.807) is 20.8 Å². The monoisotopic (exact) mass is 403 g/mol. The van der Waals surface area contributed by atoms with Crippen molar-refractivity contribution in [1.29, 1.82) is 0 Å². The molecule has 0 radical (unpaired) electrons. The van der Waals surface area contributed by atoms with Gasteiger partial charge >= 0.3 is 23.9 Å². The number of carbonyl (C=O) groups is 4. The summed E-state index contributed by atoms with van der Waals surface area (Å²) in [5.74, 6) is -4.86. The first-order valence-corrected chi connectivity index (χ1v) is 9.08. The van der Waals surface area contributed by atoms with Crippen molar-refractivity contribution in [1.82, 2.24) is 5.23 Å². The van der Waals surface area contributed by atoms with Crippen LogP contribution in [0.2, 0.25) is 0 Å². The van der Waals surface area contributed by atoms with Gasteiger partial charge in [0.15, 0.2) is 12.2 Å². The molecule has 0 aliphatic carbocycles. The highest BCUT2D eigenvalue weighted by Crippen LogP contribution is 2.43. The van der Waals surface area contributed by atoms with E-state index >= 15 is 0 Å². The van der Waals surface area contributed by atoms with E-state index in [9.17, 15) is 19.2 Å². The summed E-state index contributed by atoms with van der Waals surface area (Å²) in [7, 11) is 1.15. The lowest BCUT2D eigenvalue weighted by Gasteiger charge is -2.23. The molecule has 0 saturated carbocycles. The van der Waals surface area contributed by atoms with Crippen LogP contribution in [0.15, 0.2) is 0 Å². The highest BCUT2D eigenvalue weighted by molar-refractivity contribution is 5.86. The van der Waals surface area contributed by atoms with Crippen LogP contribution in [0.3, 0.4) is 0 Å². The molecule has 2 saturated heterocycles. The van der Waals surface area contributed by atoms with Gasteiger partial charge in [0.2, 0.25) is 0 Å². The second kappa shape index (κ2) is 9.80. The van der Waals surface area contributed by atoms with Crippen LogP contribution >= 0.6 is 0 Å². The lowest BCUT2D eigenvalue weighted by atomic mass is 9.82. The van der Waals surface area contributed by atoms with Gasteiger partial charge in [-0.2, -0.15) is 0 Å². The zero-order chi connectivity index (χ0) is 20.8. The van der Waals surface area contributed by atoms with Crippen molar-refractivity contribution < 1.29 is 47.8 Å². The van der Waals surface area contributed by atoms with Crippen LogP contribution in [0.25, 0.3) is 0 Å². The van der Waals surface area contributed by atoms with E-state index in [-0.39, 0.29) is 26.2 Å². The minimum atomic E-state index is -1.33. The second-order valence-corrected chi connectivity index (χ2v) is 6.05. The molecule has 0 aromatic heterocycles. The van der Waals surface area contributed by atoms with Crippen molar-refractivity contribution in [3.8, 4) is 0 Å². The number of methoxy groups -OCH3 is 1. The van der Waals surface area contributed by atoms with Gasteiger partial charge in [-0.3, -0.25) is 19.3 Å². The summed E-state index contributed by atoms with van der Waals surface area (Å²) < 4.78 is 19.7. The van der Waals surface area contributed by atoms with E-state index in [4.69, 9.17) is 23.9 Å². The standard InChI is InChI=1S/C17H25NO10/c1-5-24-10(19)8-9-12-11(15(20)25-6-2)14(16(21)23-4)28-18(12)27-13(9)17(22)26-7-3/h9,11-14H,5-8H2,1-4H3/t9-,11+,12-,13+,14-/m0/s1. The van der Waals surface area contributed by atoms with Crippen LogP contribution < -0.4 is 0 Å². The molecular formula is C17H25NO10. The maximum Gasteiger partial charge on any atom is 0.338 e. The van der Waals surface area contributed by atoms with E-state index in [1.165, 1.54) is 0 Å². The maximum absolute atomic E-state index is 12.6. The number of hydroxylamine groups is 2. The zero-order valence-electron chi connectivity index (χ0n) is 16.2. The molecule has 2 fully saturated rings. The minimum Gasteiger partial charge on any atom is -0.467 e. The Kier molecular flexibility index (Phi) is 7.72. The van der Waals surface area contributed by atoms with Crippen molar-refractivity contribution in [3.63, 3.8) is 0 Å². The summed E-state index contributed by atoms with van der Waals surface area (Å²) in [6, 6.07) is -0.943. The van der Waals surface area contributed by atoms with Crippen LogP contribution in [-0.4, -0.2) is 74.3 Å². The first-order chi connectivity index (χ1) is 13.4. The first-order valence-electron chi connectivity index (χ1n) is 9.08. The number of nitrogens with zero attached hydrogens (tertiary/aromatic N) is 1. The fourth-order valence-corrected chi connectivity index (χ4v) is 3.33. The highest BCUT2D eigenvalue weighted by atomic mass is 17.0. The SMILES string of the molecule is CCOC(=O)C[C@H]1[C@H]2[C@@H](C(=O)OCC)[C@@H](C(=O)OC)ON2O[C@H]1C(=O)OCC. The Labute approximate surface area is 162 Å². The molecule has 0 spiro atoms. The van der Waals surface area contributed by atoms with Crippen molar-refractivity contribution in [3.05, 3.63) is 0 Å². The lowest BCUT2D eigenvalue weighted by molar-refractivity contribution is -0.350. The van der Waals surface area contributed by atoms with Crippen molar-refractivity contribution in [2.45, 2.75) is 45.4 Å². The zero-order valence-corrected chi connectivity index (χ0v) is 16.2. The summed E-state index contributed by atoms with van der Waals surface area (Å²) in [4.78, 5) is 60.0. The van der Waals surface area contributed by atoms with Crippen molar-refractivity contribution >= 4 is 23.9 Å². The largest absolute Gasteiger partial charge is 0.467 e. The van der Waals surface area contributed by atoms with Gasteiger partial charge in [0.1, 0.15) is 5.92 Å². The molecule has 28 heavy (non-hydrogen) atoms.